The number of aromatic hydroxyl groups is 1. The molecule has 0 radical (unpaired) electrons. The van der Waals surface area contributed by atoms with Gasteiger partial charge < -0.3 is 10.2 Å². The number of aromatic carboxylic acids is 1. The van der Waals surface area contributed by atoms with Crippen LogP contribution in [0.2, 0.25) is 0 Å². The molecule has 7 heteroatoms. The molecule has 3 aromatic carbocycles. The fourth-order valence-electron chi connectivity index (χ4n) is 2.48. The highest BCUT2D eigenvalue weighted by Gasteiger charge is 2.28. The first-order valence-corrected chi connectivity index (χ1v) is 9.07. The predicted molar refractivity (Wildman–Crippen MR) is 97.3 cm³/mol. The number of hydrogen-bond donors (Lipinski definition) is 2. The molecular formula is C19H15NO5S. The van der Waals surface area contributed by atoms with Gasteiger partial charge in [0, 0.05) is 0 Å². The predicted octanol–water partition coefficient (Wildman–Crippen LogP) is 3.62. The molecule has 0 bridgehead atoms. The molecule has 3 aromatic rings. The summed E-state index contributed by atoms with van der Waals surface area (Å²) < 4.78 is 27.5. The zero-order valence-corrected chi connectivity index (χ0v) is 14.3. The van der Waals surface area contributed by atoms with Crippen molar-refractivity contribution in [2.75, 3.05) is 4.31 Å². The maximum absolute atomic E-state index is 13.2. The van der Waals surface area contributed by atoms with Crippen LogP contribution >= 0.6 is 0 Å². The first-order chi connectivity index (χ1) is 12.4. The molecule has 0 aliphatic heterocycles. The third-order valence-corrected chi connectivity index (χ3v) is 5.49. The standard InChI is InChI=1S/C19H15NO5S/c21-18-9-5-4-8-17(18)20(15-6-2-1-3-7-15)26(24,25)16-12-10-14(11-13-16)19(22)23/h1-13,21H,(H,22,23). The average Bonchev–Trinajstić information content (AvgIpc) is 2.64. The second kappa shape index (κ2) is 6.89. The number of phenols is 1. The lowest BCUT2D eigenvalue weighted by Gasteiger charge is -2.25. The summed E-state index contributed by atoms with van der Waals surface area (Å²) in [6.45, 7) is 0. The second-order valence-electron chi connectivity index (χ2n) is 5.42. The summed E-state index contributed by atoms with van der Waals surface area (Å²) in [6, 6.07) is 19.4. The number of para-hydroxylation sites is 3. The third kappa shape index (κ3) is 3.25. The van der Waals surface area contributed by atoms with Gasteiger partial charge in [-0.3, -0.25) is 0 Å². The topological polar surface area (TPSA) is 94.9 Å². The van der Waals surface area contributed by atoms with Crippen LogP contribution in [0.4, 0.5) is 11.4 Å². The summed E-state index contributed by atoms with van der Waals surface area (Å²) in [6.07, 6.45) is 0. The lowest BCUT2D eigenvalue weighted by Crippen LogP contribution is -2.26. The lowest BCUT2D eigenvalue weighted by molar-refractivity contribution is 0.0696. The Labute approximate surface area is 150 Å². The van der Waals surface area contributed by atoms with Gasteiger partial charge in [0.2, 0.25) is 0 Å². The summed E-state index contributed by atoms with van der Waals surface area (Å²) in [7, 11) is -4.09. The zero-order valence-electron chi connectivity index (χ0n) is 13.5. The molecule has 0 fully saturated rings. The molecule has 0 saturated carbocycles. The summed E-state index contributed by atoms with van der Waals surface area (Å²) in [5.74, 6) is -1.34. The zero-order chi connectivity index (χ0) is 18.7. The minimum absolute atomic E-state index is 0.0160. The lowest BCUT2D eigenvalue weighted by atomic mass is 10.2. The van der Waals surface area contributed by atoms with Crippen molar-refractivity contribution in [2.45, 2.75) is 4.90 Å². The number of rotatable bonds is 5. The van der Waals surface area contributed by atoms with Crippen LogP contribution in [0, 0.1) is 0 Å². The van der Waals surface area contributed by atoms with Crippen LogP contribution in [-0.4, -0.2) is 24.6 Å². The van der Waals surface area contributed by atoms with Crippen molar-refractivity contribution in [1.82, 2.24) is 0 Å². The maximum Gasteiger partial charge on any atom is 0.335 e. The van der Waals surface area contributed by atoms with E-state index < -0.39 is 16.0 Å². The van der Waals surface area contributed by atoms with Crippen LogP contribution in [0.1, 0.15) is 10.4 Å². The molecule has 0 spiro atoms. The van der Waals surface area contributed by atoms with Gasteiger partial charge >= 0.3 is 5.97 Å². The monoisotopic (exact) mass is 369 g/mol. The van der Waals surface area contributed by atoms with Gasteiger partial charge in [-0.2, -0.15) is 0 Å². The van der Waals surface area contributed by atoms with Gasteiger partial charge in [0.05, 0.1) is 21.8 Å². The summed E-state index contributed by atoms with van der Waals surface area (Å²) in [5.41, 5.74) is 0.426. The van der Waals surface area contributed by atoms with Crippen molar-refractivity contribution in [3.63, 3.8) is 0 Å². The van der Waals surface area contributed by atoms with Crippen LogP contribution in [-0.2, 0) is 10.0 Å². The molecule has 2 N–H and O–H groups in total. The van der Waals surface area contributed by atoms with Crippen LogP contribution in [0.15, 0.2) is 83.8 Å². The van der Waals surface area contributed by atoms with Crippen molar-refractivity contribution < 1.29 is 23.4 Å². The molecule has 0 amide bonds. The van der Waals surface area contributed by atoms with Gasteiger partial charge in [-0.1, -0.05) is 30.3 Å². The van der Waals surface area contributed by atoms with E-state index in [1.54, 1.807) is 42.5 Å². The number of anilines is 2. The third-order valence-electron chi connectivity index (χ3n) is 3.73. The van der Waals surface area contributed by atoms with E-state index in [-0.39, 0.29) is 21.9 Å². The van der Waals surface area contributed by atoms with Crippen LogP contribution < -0.4 is 4.31 Å². The minimum atomic E-state index is -4.09. The van der Waals surface area contributed by atoms with Crippen molar-refractivity contribution in [2.24, 2.45) is 0 Å². The first-order valence-electron chi connectivity index (χ1n) is 7.63. The fraction of sp³-hybridized carbons (Fsp3) is 0. The molecule has 0 heterocycles. The SMILES string of the molecule is O=C(O)c1ccc(S(=O)(=O)N(c2ccccc2)c2ccccc2O)cc1. The average molecular weight is 369 g/mol. The molecule has 3 rings (SSSR count). The van der Waals surface area contributed by atoms with Gasteiger partial charge in [-0.05, 0) is 48.5 Å². The van der Waals surface area contributed by atoms with E-state index in [1.807, 2.05) is 0 Å². The van der Waals surface area contributed by atoms with E-state index in [2.05, 4.69) is 0 Å². The van der Waals surface area contributed by atoms with Crippen LogP contribution in [0.5, 0.6) is 5.75 Å². The Morgan fingerprint density at radius 2 is 1.38 bits per heavy atom. The quantitative estimate of drug-likeness (QED) is 0.716. The number of carboxylic acid groups (broad SMARTS) is 1. The number of phenolic OH excluding ortho intramolecular Hbond substituents is 1. The van der Waals surface area contributed by atoms with Gasteiger partial charge in [0.15, 0.2) is 0 Å². The van der Waals surface area contributed by atoms with E-state index in [0.717, 1.165) is 4.31 Å². The van der Waals surface area contributed by atoms with Crippen molar-refractivity contribution in [3.8, 4) is 5.75 Å². The smallest absolute Gasteiger partial charge is 0.335 e. The van der Waals surface area contributed by atoms with Crippen molar-refractivity contribution in [3.05, 3.63) is 84.4 Å². The number of nitrogens with zero attached hydrogens (tertiary/aromatic N) is 1. The molecule has 0 aliphatic rings. The molecule has 0 saturated heterocycles. The number of sulfonamides is 1. The van der Waals surface area contributed by atoms with Gasteiger partial charge in [-0.15, -0.1) is 0 Å². The van der Waals surface area contributed by atoms with E-state index >= 15 is 0 Å². The Morgan fingerprint density at radius 1 is 0.808 bits per heavy atom. The van der Waals surface area contributed by atoms with E-state index in [9.17, 15) is 18.3 Å². The fourth-order valence-corrected chi connectivity index (χ4v) is 3.98. The van der Waals surface area contributed by atoms with Gasteiger partial charge in [-0.25, -0.2) is 17.5 Å². The maximum atomic E-state index is 13.2. The van der Waals surface area contributed by atoms with Gasteiger partial charge in [0.1, 0.15) is 5.75 Å². The molecule has 26 heavy (non-hydrogen) atoms. The largest absolute Gasteiger partial charge is 0.506 e. The minimum Gasteiger partial charge on any atom is -0.506 e. The number of benzene rings is 3. The Hall–Kier alpha value is -3.32. The highest BCUT2D eigenvalue weighted by atomic mass is 32.2. The van der Waals surface area contributed by atoms with Crippen molar-refractivity contribution in [1.29, 1.82) is 0 Å². The Balaban J connectivity index is 2.18. The van der Waals surface area contributed by atoms with Crippen LogP contribution in [0.3, 0.4) is 0 Å². The highest BCUT2D eigenvalue weighted by molar-refractivity contribution is 7.93. The normalized spacial score (nSPS) is 11.1. The molecule has 0 atom stereocenters. The molecule has 6 nitrogen and oxygen atoms in total. The van der Waals surface area contributed by atoms with E-state index in [1.165, 1.54) is 36.4 Å². The molecule has 0 aliphatic carbocycles. The Morgan fingerprint density at radius 3 is 1.96 bits per heavy atom. The molecule has 132 valence electrons. The summed E-state index contributed by atoms with van der Waals surface area (Å²) in [5, 5.41) is 19.2. The van der Waals surface area contributed by atoms with Gasteiger partial charge in [0.25, 0.3) is 10.0 Å². The molecular weight excluding hydrogens is 354 g/mol. The Kier molecular flexibility index (Phi) is 4.64. The van der Waals surface area contributed by atoms with E-state index in [0.29, 0.717) is 5.69 Å². The Bertz CT molecular complexity index is 1030. The number of carboxylic acids is 1. The summed E-state index contributed by atoms with van der Waals surface area (Å²) in [4.78, 5) is 10.9. The highest BCUT2D eigenvalue weighted by Crippen LogP contribution is 2.37. The summed E-state index contributed by atoms with van der Waals surface area (Å²) >= 11 is 0. The molecule has 0 unspecified atom stereocenters. The number of carbonyl (C=O) groups is 1. The van der Waals surface area contributed by atoms with E-state index in [4.69, 9.17) is 5.11 Å². The molecule has 0 aromatic heterocycles. The van der Waals surface area contributed by atoms with Crippen molar-refractivity contribution >= 4 is 27.4 Å². The number of hydrogen-bond acceptors (Lipinski definition) is 4. The van der Waals surface area contributed by atoms with Crippen LogP contribution in [0.25, 0.3) is 0 Å². The first kappa shape index (κ1) is 17.5. The second-order valence-corrected chi connectivity index (χ2v) is 7.21.